The minimum absolute atomic E-state index is 0.0290. The van der Waals surface area contributed by atoms with E-state index in [2.05, 4.69) is 32.3 Å². The molecule has 7 nitrogen and oxygen atoms in total. The van der Waals surface area contributed by atoms with Crippen molar-refractivity contribution in [2.45, 2.75) is 12.8 Å². The number of ether oxygens (including phenoxy) is 1. The third-order valence-electron chi connectivity index (χ3n) is 5.12. The molecule has 1 aliphatic heterocycles. The quantitative estimate of drug-likeness (QED) is 0.580. The summed E-state index contributed by atoms with van der Waals surface area (Å²) in [6, 6.07) is 19.3. The van der Waals surface area contributed by atoms with Gasteiger partial charge in [0, 0.05) is 54.6 Å². The number of carbonyl (C=O) groups is 1. The van der Waals surface area contributed by atoms with Gasteiger partial charge in [-0.15, -0.1) is 0 Å². The molecule has 1 N–H and O–H groups in total. The monoisotopic (exact) mass is 413 g/mol. The fraction of sp³-hybridized carbons (Fsp3) is 0.250. The number of Topliss-reactive ketones (excluding diaryl/α,β-unsaturated/α-hetero) is 1. The third-order valence-corrected chi connectivity index (χ3v) is 5.12. The number of aromatic nitrogens is 2. The van der Waals surface area contributed by atoms with Gasteiger partial charge in [-0.25, -0.2) is 9.97 Å². The molecule has 0 radical (unpaired) electrons. The number of carbonyl (C=O) groups excluding carboxylic acids is 1. The van der Waals surface area contributed by atoms with Crippen molar-refractivity contribution in [2.75, 3.05) is 36.5 Å². The van der Waals surface area contributed by atoms with E-state index in [0.717, 1.165) is 43.2 Å². The molecule has 31 heavy (non-hydrogen) atoms. The van der Waals surface area contributed by atoms with Gasteiger partial charge in [-0.05, 0) is 30.3 Å². The summed E-state index contributed by atoms with van der Waals surface area (Å²) in [6.07, 6.45) is 2.18. The van der Waals surface area contributed by atoms with Crippen LogP contribution in [0.3, 0.4) is 0 Å². The zero-order valence-electron chi connectivity index (χ0n) is 17.1. The fourth-order valence-corrected chi connectivity index (χ4v) is 3.43. The van der Waals surface area contributed by atoms with E-state index in [1.165, 1.54) is 5.69 Å². The normalized spacial score (nSPS) is 13.5. The molecule has 0 aliphatic carbocycles. The van der Waals surface area contributed by atoms with Gasteiger partial charge in [0.2, 0.25) is 5.95 Å². The van der Waals surface area contributed by atoms with Gasteiger partial charge < -0.3 is 15.0 Å². The van der Waals surface area contributed by atoms with Crippen molar-refractivity contribution in [1.29, 1.82) is 5.26 Å². The van der Waals surface area contributed by atoms with Crippen LogP contribution in [0.25, 0.3) is 11.3 Å². The molecule has 156 valence electrons. The van der Waals surface area contributed by atoms with Crippen molar-refractivity contribution in [3.8, 4) is 17.3 Å². The second-order valence-electron chi connectivity index (χ2n) is 7.20. The second-order valence-corrected chi connectivity index (χ2v) is 7.20. The molecule has 0 amide bonds. The summed E-state index contributed by atoms with van der Waals surface area (Å²) in [4.78, 5) is 23.3. The van der Waals surface area contributed by atoms with Crippen LogP contribution in [0.2, 0.25) is 0 Å². The summed E-state index contributed by atoms with van der Waals surface area (Å²) in [5, 5.41) is 11.9. The Kier molecular flexibility index (Phi) is 6.50. The first-order valence-corrected chi connectivity index (χ1v) is 10.3. The molecule has 7 heteroatoms. The lowest BCUT2D eigenvalue weighted by molar-refractivity contribution is 0.0984. The van der Waals surface area contributed by atoms with Crippen molar-refractivity contribution in [3.05, 3.63) is 66.4 Å². The number of hydrogen-bond donors (Lipinski definition) is 1. The van der Waals surface area contributed by atoms with Gasteiger partial charge in [-0.2, -0.15) is 5.26 Å². The van der Waals surface area contributed by atoms with Gasteiger partial charge in [0.1, 0.15) is 0 Å². The lowest BCUT2D eigenvalue weighted by Gasteiger charge is -2.28. The lowest BCUT2D eigenvalue weighted by Crippen LogP contribution is -2.36. The van der Waals surface area contributed by atoms with E-state index in [0.29, 0.717) is 11.5 Å². The van der Waals surface area contributed by atoms with E-state index in [-0.39, 0.29) is 18.6 Å². The molecule has 2 aromatic carbocycles. The number of morpholine rings is 1. The van der Waals surface area contributed by atoms with E-state index in [9.17, 15) is 4.79 Å². The van der Waals surface area contributed by atoms with Gasteiger partial charge in [0.05, 0.1) is 25.0 Å². The highest BCUT2D eigenvalue weighted by atomic mass is 16.5. The van der Waals surface area contributed by atoms with Crippen LogP contribution >= 0.6 is 0 Å². The topological polar surface area (TPSA) is 91.1 Å². The average molecular weight is 413 g/mol. The van der Waals surface area contributed by atoms with E-state index in [4.69, 9.17) is 10.00 Å². The zero-order valence-corrected chi connectivity index (χ0v) is 17.1. The highest BCUT2D eigenvalue weighted by Gasteiger charge is 2.11. The molecular formula is C24H23N5O2. The van der Waals surface area contributed by atoms with E-state index in [1.54, 1.807) is 18.3 Å². The molecule has 0 spiro atoms. The number of hydrogen-bond acceptors (Lipinski definition) is 7. The van der Waals surface area contributed by atoms with Crippen LogP contribution in [0.4, 0.5) is 17.3 Å². The first-order chi connectivity index (χ1) is 15.2. The standard InChI is InChI=1S/C24H23N5O2/c25-12-1-2-23(30)19-5-3-18(4-6-19)22-11-13-26-24(28-22)27-20-7-9-21(10-8-20)29-14-16-31-17-15-29/h3-11,13H,1-2,14-17H2,(H,26,27,28). The Morgan fingerprint density at radius 2 is 1.81 bits per heavy atom. The minimum Gasteiger partial charge on any atom is -0.378 e. The van der Waals surface area contributed by atoms with Crippen molar-refractivity contribution in [2.24, 2.45) is 0 Å². The highest BCUT2D eigenvalue weighted by molar-refractivity contribution is 5.96. The molecule has 2 heterocycles. The summed E-state index contributed by atoms with van der Waals surface area (Å²) < 4.78 is 5.41. The van der Waals surface area contributed by atoms with Gasteiger partial charge in [-0.3, -0.25) is 4.79 Å². The van der Waals surface area contributed by atoms with Crippen LogP contribution in [-0.2, 0) is 4.74 Å². The number of nitrogens with one attached hydrogen (secondary N) is 1. The number of ketones is 1. The molecule has 0 unspecified atom stereocenters. The molecule has 1 aliphatic rings. The summed E-state index contributed by atoms with van der Waals surface area (Å²) in [5.74, 6) is 0.476. The van der Waals surface area contributed by atoms with Crippen LogP contribution < -0.4 is 10.2 Å². The van der Waals surface area contributed by atoms with Gasteiger partial charge in [0.25, 0.3) is 0 Å². The minimum atomic E-state index is -0.0290. The summed E-state index contributed by atoms with van der Waals surface area (Å²) in [6.45, 7) is 3.33. The molecule has 0 bridgehead atoms. The van der Waals surface area contributed by atoms with E-state index in [1.807, 2.05) is 36.4 Å². The Morgan fingerprint density at radius 1 is 1.06 bits per heavy atom. The molecule has 1 aromatic heterocycles. The maximum Gasteiger partial charge on any atom is 0.227 e. The first kappa shape index (κ1) is 20.5. The zero-order chi connectivity index (χ0) is 21.5. The molecule has 1 saturated heterocycles. The molecule has 0 saturated carbocycles. The third kappa shape index (κ3) is 5.24. The van der Waals surface area contributed by atoms with Crippen LogP contribution in [0.15, 0.2) is 60.8 Å². The van der Waals surface area contributed by atoms with Crippen molar-refractivity contribution in [1.82, 2.24) is 9.97 Å². The second kappa shape index (κ2) is 9.83. The average Bonchev–Trinajstić information content (AvgIpc) is 2.84. The largest absolute Gasteiger partial charge is 0.378 e. The van der Waals surface area contributed by atoms with E-state index >= 15 is 0 Å². The maximum atomic E-state index is 12.0. The Morgan fingerprint density at radius 3 is 2.52 bits per heavy atom. The Hall–Kier alpha value is -3.76. The van der Waals surface area contributed by atoms with Crippen molar-refractivity contribution < 1.29 is 9.53 Å². The van der Waals surface area contributed by atoms with Gasteiger partial charge >= 0.3 is 0 Å². The molecule has 4 rings (SSSR count). The molecule has 1 fully saturated rings. The number of benzene rings is 2. The molecular weight excluding hydrogens is 390 g/mol. The summed E-state index contributed by atoms with van der Waals surface area (Å²) in [5.41, 5.74) is 4.34. The predicted molar refractivity (Wildman–Crippen MR) is 119 cm³/mol. The lowest BCUT2D eigenvalue weighted by atomic mass is 10.0. The van der Waals surface area contributed by atoms with Crippen LogP contribution in [-0.4, -0.2) is 42.1 Å². The fourth-order valence-electron chi connectivity index (χ4n) is 3.43. The molecule has 0 atom stereocenters. The van der Waals surface area contributed by atoms with Crippen molar-refractivity contribution >= 4 is 23.1 Å². The maximum absolute atomic E-state index is 12.0. The number of nitrogens with zero attached hydrogens (tertiary/aromatic N) is 4. The van der Waals surface area contributed by atoms with Crippen LogP contribution in [0.5, 0.6) is 0 Å². The van der Waals surface area contributed by atoms with Gasteiger partial charge in [-0.1, -0.05) is 24.3 Å². The SMILES string of the molecule is N#CCCC(=O)c1ccc(-c2ccnc(Nc3ccc(N4CCOCC4)cc3)n2)cc1. The summed E-state index contributed by atoms with van der Waals surface area (Å²) >= 11 is 0. The Bertz CT molecular complexity index is 1070. The Labute approximate surface area is 181 Å². The van der Waals surface area contributed by atoms with Crippen LogP contribution in [0, 0.1) is 11.3 Å². The van der Waals surface area contributed by atoms with Crippen LogP contribution in [0.1, 0.15) is 23.2 Å². The Balaban J connectivity index is 1.43. The molecule has 3 aromatic rings. The van der Waals surface area contributed by atoms with E-state index < -0.39 is 0 Å². The van der Waals surface area contributed by atoms with Gasteiger partial charge in [0.15, 0.2) is 5.78 Å². The summed E-state index contributed by atoms with van der Waals surface area (Å²) in [7, 11) is 0. The number of anilines is 3. The number of nitriles is 1. The first-order valence-electron chi connectivity index (χ1n) is 10.3. The highest BCUT2D eigenvalue weighted by Crippen LogP contribution is 2.23. The predicted octanol–water partition coefficient (Wildman–Crippen LogP) is 4.21. The number of rotatable bonds is 7. The smallest absolute Gasteiger partial charge is 0.227 e. The van der Waals surface area contributed by atoms with Crippen molar-refractivity contribution in [3.63, 3.8) is 0 Å².